The van der Waals surface area contributed by atoms with Crippen LogP contribution in [0.25, 0.3) is 11.6 Å². The Morgan fingerprint density at radius 1 is 1.06 bits per heavy atom. The van der Waals surface area contributed by atoms with E-state index in [4.69, 9.17) is 25.8 Å². The Hall–Kier alpha value is -3.27. The van der Waals surface area contributed by atoms with Gasteiger partial charge in [-0.15, -0.1) is 0 Å². The molecule has 0 saturated carbocycles. The molecule has 0 N–H and O–H groups in total. The molecule has 0 aliphatic rings. The molecular weight excluding hydrogens is 482 g/mol. The maximum absolute atomic E-state index is 12.2. The summed E-state index contributed by atoms with van der Waals surface area (Å²) in [6.07, 6.45) is 1.72. The summed E-state index contributed by atoms with van der Waals surface area (Å²) in [7, 11) is 1.47. The van der Waals surface area contributed by atoms with Gasteiger partial charge in [0.2, 0.25) is 0 Å². The van der Waals surface area contributed by atoms with Crippen LogP contribution in [0.1, 0.15) is 11.1 Å². The third kappa shape index (κ3) is 6.11. The normalized spacial score (nSPS) is 10.8. The first-order chi connectivity index (χ1) is 15.0. The average Bonchev–Trinajstić information content (AvgIpc) is 2.78. The number of allylic oxidation sites excluding steroid dienone is 1. The van der Waals surface area contributed by atoms with Crippen LogP contribution in [0.15, 0.2) is 71.2 Å². The molecule has 0 aromatic heterocycles. The van der Waals surface area contributed by atoms with Crippen molar-refractivity contribution >= 4 is 45.1 Å². The van der Waals surface area contributed by atoms with Crippen LogP contribution in [0, 0.1) is 11.3 Å². The number of hydrogen-bond acceptors (Lipinski definition) is 5. The SMILES string of the molecule is COc1cc(C=C(C#N)c2ccc(Cl)cc2)ccc1OC(=O)COc1ccccc1Br. The van der Waals surface area contributed by atoms with Crippen molar-refractivity contribution in [1.29, 1.82) is 5.26 Å². The third-order valence-electron chi connectivity index (χ3n) is 4.18. The first kappa shape index (κ1) is 22.4. The van der Waals surface area contributed by atoms with Crippen LogP contribution in [-0.4, -0.2) is 19.7 Å². The van der Waals surface area contributed by atoms with Gasteiger partial charge >= 0.3 is 5.97 Å². The lowest BCUT2D eigenvalue weighted by molar-refractivity contribution is -0.136. The van der Waals surface area contributed by atoms with E-state index in [0.29, 0.717) is 27.7 Å². The number of halogens is 2. The van der Waals surface area contributed by atoms with E-state index in [1.54, 1.807) is 60.7 Å². The second-order valence-corrected chi connectivity index (χ2v) is 7.57. The summed E-state index contributed by atoms with van der Waals surface area (Å²) in [6.45, 7) is -0.261. The fourth-order valence-electron chi connectivity index (χ4n) is 2.69. The molecular formula is C24H17BrClNO4. The van der Waals surface area contributed by atoms with Gasteiger partial charge in [0.05, 0.1) is 23.2 Å². The molecule has 0 bridgehead atoms. The zero-order valence-corrected chi connectivity index (χ0v) is 18.8. The maximum Gasteiger partial charge on any atom is 0.349 e. The average molecular weight is 499 g/mol. The lowest BCUT2D eigenvalue weighted by atomic mass is 10.0. The van der Waals surface area contributed by atoms with E-state index in [9.17, 15) is 10.1 Å². The number of nitriles is 1. The number of benzene rings is 3. The molecule has 0 radical (unpaired) electrons. The number of para-hydroxylation sites is 1. The Labute approximate surface area is 193 Å². The highest BCUT2D eigenvalue weighted by atomic mass is 79.9. The fraction of sp³-hybridized carbons (Fsp3) is 0.0833. The van der Waals surface area contributed by atoms with Crippen LogP contribution < -0.4 is 14.2 Å². The molecule has 0 heterocycles. The minimum absolute atomic E-state index is 0.255. The standard InChI is InChI=1S/C24H17BrClNO4/c1-29-23-13-16(12-18(14-27)17-7-9-19(26)10-8-17)6-11-22(23)31-24(28)15-30-21-5-3-2-4-20(21)25/h2-13H,15H2,1H3. The Morgan fingerprint density at radius 2 is 1.81 bits per heavy atom. The Morgan fingerprint density at radius 3 is 2.48 bits per heavy atom. The number of rotatable bonds is 7. The molecule has 0 fully saturated rings. The maximum atomic E-state index is 12.2. The smallest absolute Gasteiger partial charge is 0.349 e. The quantitative estimate of drug-likeness (QED) is 0.169. The van der Waals surface area contributed by atoms with E-state index in [1.807, 2.05) is 12.1 Å². The van der Waals surface area contributed by atoms with Gasteiger partial charge in [0, 0.05) is 5.02 Å². The van der Waals surface area contributed by atoms with Gasteiger partial charge in [0.1, 0.15) is 5.75 Å². The number of methoxy groups -OCH3 is 1. The second kappa shape index (κ2) is 10.7. The van der Waals surface area contributed by atoms with Gasteiger partial charge in [-0.25, -0.2) is 4.79 Å². The highest BCUT2D eigenvalue weighted by Crippen LogP contribution is 2.30. The predicted molar refractivity (Wildman–Crippen MR) is 123 cm³/mol. The van der Waals surface area contributed by atoms with E-state index in [1.165, 1.54) is 7.11 Å². The van der Waals surface area contributed by atoms with Gasteiger partial charge < -0.3 is 14.2 Å². The summed E-state index contributed by atoms with van der Waals surface area (Å²) in [6, 6.07) is 21.4. The summed E-state index contributed by atoms with van der Waals surface area (Å²) in [5.74, 6) is 0.580. The van der Waals surface area contributed by atoms with E-state index < -0.39 is 5.97 Å². The molecule has 3 aromatic rings. The number of carbonyl (C=O) groups excluding carboxylic acids is 1. The molecule has 0 atom stereocenters. The van der Waals surface area contributed by atoms with E-state index in [-0.39, 0.29) is 12.4 Å². The van der Waals surface area contributed by atoms with E-state index in [0.717, 1.165) is 10.0 Å². The number of ether oxygens (including phenoxy) is 3. The van der Waals surface area contributed by atoms with E-state index in [2.05, 4.69) is 22.0 Å². The molecule has 0 saturated heterocycles. The molecule has 0 aliphatic heterocycles. The zero-order chi connectivity index (χ0) is 22.2. The van der Waals surface area contributed by atoms with Gasteiger partial charge in [-0.1, -0.05) is 41.9 Å². The van der Waals surface area contributed by atoms with Crippen LogP contribution in [0.5, 0.6) is 17.2 Å². The topological polar surface area (TPSA) is 68.5 Å². The largest absolute Gasteiger partial charge is 0.493 e. The Balaban J connectivity index is 1.73. The number of nitrogens with zero attached hydrogens (tertiary/aromatic N) is 1. The van der Waals surface area contributed by atoms with Gasteiger partial charge in [-0.05, 0) is 69.5 Å². The van der Waals surface area contributed by atoms with Crippen molar-refractivity contribution in [3.8, 4) is 23.3 Å². The lowest BCUT2D eigenvalue weighted by Gasteiger charge is -2.11. The molecule has 0 amide bonds. The first-order valence-electron chi connectivity index (χ1n) is 9.14. The van der Waals surface area contributed by atoms with Crippen molar-refractivity contribution in [2.24, 2.45) is 0 Å². The van der Waals surface area contributed by atoms with Crippen LogP contribution in [0.2, 0.25) is 5.02 Å². The van der Waals surface area contributed by atoms with Gasteiger partial charge in [-0.3, -0.25) is 0 Å². The van der Waals surface area contributed by atoms with Crippen molar-refractivity contribution in [2.75, 3.05) is 13.7 Å². The van der Waals surface area contributed by atoms with Crippen LogP contribution in [0.3, 0.4) is 0 Å². The monoisotopic (exact) mass is 497 g/mol. The van der Waals surface area contributed by atoms with Crippen LogP contribution in [0.4, 0.5) is 0 Å². The predicted octanol–water partition coefficient (Wildman–Crippen LogP) is 6.16. The molecule has 31 heavy (non-hydrogen) atoms. The van der Waals surface area contributed by atoms with Gasteiger partial charge in [0.15, 0.2) is 18.1 Å². The molecule has 0 unspecified atom stereocenters. The third-order valence-corrected chi connectivity index (χ3v) is 5.09. The molecule has 3 aromatic carbocycles. The molecule has 3 rings (SSSR count). The first-order valence-corrected chi connectivity index (χ1v) is 10.3. The molecule has 0 spiro atoms. The molecule has 156 valence electrons. The molecule has 7 heteroatoms. The number of hydrogen-bond donors (Lipinski definition) is 0. The van der Waals surface area contributed by atoms with Crippen molar-refractivity contribution in [3.63, 3.8) is 0 Å². The number of esters is 1. The van der Waals surface area contributed by atoms with Crippen LogP contribution in [-0.2, 0) is 4.79 Å². The zero-order valence-electron chi connectivity index (χ0n) is 16.5. The van der Waals surface area contributed by atoms with Crippen molar-refractivity contribution in [3.05, 3.63) is 87.4 Å². The molecule has 0 aliphatic carbocycles. The highest BCUT2D eigenvalue weighted by molar-refractivity contribution is 9.10. The minimum Gasteiger partial charge on any atom is -0.493 e. The van der Waals surface area contributed by atoms with E-state index >= 15 is 0 Å². The number of carbonyl (C=O) groups is 1. The van der Waals surface area contributed by atoms with Crippen molar-refractivity contribution < 1.29 is 19.0 Å². The summed E-state index contributed by atoms with van der Waals surface area (Å²) in [5.41, 5.74) is 1.92. The second-order valence-electron chi connectivity index (χ2n) is 6.28. The van der Waals surface area contributed by atoms with Crippen molar-refractivity contribution in [2.45, 2.75) is 0 Å². The highest BCUT2D eigenvalue weighted by Gasteiger charge is 2.13. The summed E-state index contributed by atoms with van der Waals surface area (Å²) >= 11 is 9.27. The minimum atomic E-state index is -0.573. The lowest BCUT2D eigenvalue weighted by Crippen LogP contribution is -2.18. The van der Waals surface area contributed by atoms with Crippen LogP contribution >= 0.6 is 27.5 Å². The summed E-state index contributed by atoms with van der Waals surface area (Å²) in [5, 5.41) is 10.1. The summed E-state index contributed by atoms with van der Waals surface area (Å²) < 4.78 is 16.9. The Kier molecular flexibility index (Phi) is 7.71. The van der Waals surface area contributed by atoms with Gasteiger partial charge in [0.25, 0.3) is 0 Å². The summed E-state index contributed by atoms with van der Waals surface area (Å²) in [4.78, 5) is 12.2. The van der Waals surface area contributed by atoms with Gasteiger partial charge in [-0.2, -0.15) is 5.26 Å². The fourth-order valence-corrected chi connectivity index (χ4v) is 3.21. The Bertz CT molecular complexity index is 1150. The molecule has 5 nitrogen and oxygen atoms in total. The van der Waals surface area contributed by atoms with Crippen molar-refractivity contribution in [1.82, 2.24) is 0 Å².